The molecule has 0 unspecified atom stereocenters. The SMILES string of the molecule is CC(=O)c1c(C)nn(CC(=O)NCCn2cc(Cl)cn2)c1C. The number of nitrogens with one attached hydrogen (secondary N) is 1. The monoisotopic (exact) mass is 323 g/mol. The molecule has 0 aliphatic rings. The number of hydrogen-bond donors (Lipinski definition) is 1. The van der Waals surface area contributed by atoms with Crippen LogP contribution in [0.3, 0.4) is 0 Å². The molecule has 0 aliphatic heterocycles. The van der Waals surface area contributed by atoms with E-state index in [0.717, 1.165) is 0 Å². The highest BCUT2D eigenvalue weighted by molar-refractivity contribution is 6.30. The summed E-state index contributed by atoms with van der Waals surface area (Å²) in [6.07, 6.45) is 3.23. The summed E-state index contributed by atoms with van der Waals surface area (Å²) in [7, 11) is 0. The van der Waals surface area contributed by atoms with Gasteiger partial charge in [0.1, 0.15) is 6.54 Å². The average Bonchev–Trinajstić information content (AvgIpc) is 2.94. The van der Waals surface area contributed by atoms with E-state index in [9.17, 15) is 9.59 Å². The average molecular weight is 324 g/mol. The van der Waals surface area contributed by atoms with Gasteiger partial charge in [-0.05, 0) is 20.8 Å². The zero-order valence-electron chi connectivity index (χ0n) is 12.8. The Balaban J connectivity index is 1.89. The summed E-state index contributed by atoms with van der Waals surface area (Å²) < 4.78 is 3.20. The van der Waals surface area contributed by atoms with Gasteiger partial charge in [-0.25, -0.2) is 0 Å². The molecule has 7 nitrogen and oxygen atoms in total. The molecule has 0 bridgehead atoms. The highest BCUT2D eigenvalue weighted by atomic mass is 35.5. The number of ketones is 1. The second kappa shape index (κ2) is 6.74. The van der Waals surface area contributed by atoms with Crippen molar-refractivity contribution in [3.63, 3.8) is 0 Å². The summed E-state index contributed by atoms with van der Waals surface area (Å²) in [6, 6.07) is 0. The number of aryl methyl sites for hydroxylation is 1. The predicted octanol–water partition coefficient (Wildman–Crippen LogP) is 1.37. The van der Waals surface area contributed by atoms with E-state index in [-0.39, 0.29) is 18.2 Å². The van der Waals surface area contributed by atoms with Crippen molar-refractivity contribution >= 4 is 23.3 Å². The first-order chi connectivity index (χ1) is 10.4. The molecule has 22 heavy (non-hydrogen) atoms. The van der Waals surface area contributed by atoms with Crippen LogP contribution in [0.5, 0.6) is 0 Å². The molecular formula is C14H18ClN5O2. The van der Waals surface area contributed by atoms with E-state index < -0.39 is 0 Å². The Hall–Kier alpha value is -2.15. The van der Waals surface area contributed by atoms with Crippen LogP contribution in [-0.2, 0) is 17.9 Å². The smallest absolute Gasteiger partial charge is 0.241 e. The first-order valence-electron chi connectivity index (χ1n) is 6.88. The van der Waals surface area contributed by atoms with E-state index in [0.29, 0.717) is 35.1 Å². The lowest BCUT2D eigenvalue weighted by molar-refractivity contribution is -0.121. The zero-order valence-corrected chi connectivity index (χ0v) is 13.5. The minimum absolute atomic E-state index is 0.0442. The van der Waals surface area contributed by atoms with Crippen molar-refractivity contribution in [3.05, 3.63) is 34.4 Å². The molecule has 0 radical (unpaired) electrons. The van der Waals surface area contributed by atoms with Gasteiger partial charge in [-0.1, -0.05) is 11.6 Å². The zero-order chi connectivity index (χ0) is 16.3. The summed E-state index contributed by atoms with van der Waals surface area (Å²) in [5.41, 5.74) is 1.93. The van der Waals surface area contributed by atoms with Crippen LogP contribution in [-0.4, -0.2) is 37.8 Å². The first-order valence-corrected chi connectivity index (χ1v) is 7.26. The number of halogens is 1. The fourth-order valence-electron chi connectivity index (χ4n) is 2.32. The van der Waals surface area contributed by atoms with E-state index in [2.05, 4.69) is 15.5 Å². The van der Waals surface area contributed by atoms with Crippen LogP contribution < -0.4 is 5.32 Å². The van der Waals surface area contributed by atoms with Gasteiger partial charge in [0, 0.05) is 18.4 Å². The van der Waals surface area contributed by atoms with Gasteiger partial charge < -0.3 is 5.32 Å². The topological polar surface area (TPSA) is 81.8 Å². The Morgan fingerprint density at radius 2 is 2.09 bits per heavy atom. The number of hydrogen-bond acceptors (Lipinski definition) is 4. The van der Waals surface area contributed by atoms with Crippen LogP contribution >= 0.6 is 11.6 Å². The first kappa shape index (κ1) is 16.2. The van der Waals surface area contributed by atoms with Crippen molar-refractivity contribution in [3.8, 4) is 0 Å². The number of amides is 1. The van der Waals surface area contributed by atoms with Crippen LogP contribution in [0.2, 0.25) is 5.02 Å². The molecule has 1 amide bonds. The molecule has 2 heterocycles. The van der Waals surface area contributed by atoms with Crippen LogP contribution in [0.25, 0.3) is 0 Å². The Bertz CT molecular complexity index is 704. The third-order valence-corrected chi connectivity index (χ3v) is 3.49. The van der Waals surface area contributed by atoms with Crippen molar-refractivity contribution < 1.29 is 9.59 Å². The third kappa shape index (κ3) is 3.73. The van der Waals surface area contributed by atoms with Gasteiger partial charge in [0.15, 0.2) is 5.78 Å². The second-order valence-corrected chi connectivity index (χ2v) is 5.47. The molecule has 0 fully saturated rings. The number of Topliss-reactive ketones (excluding diaryl/α,β-unsaturated/α-hetero) is 1. The van der Waals surface area contributed by atoms with Crippen LogP contribution in [0.1, 0.15) is 28.7 Å². The molecular weight excluding hydrogens is 306 g/mol. The number of nitrogens with zero attached hydrogens (tertiary/aromatic N) is 4. The Kier molecular flexibility index (Phi) is 4.97. The van der Waals surface area contributed by atoms with E-state index in [1.54, 1.807) is 35.6 Å². The molecule has 2 aromatic heterocycles. The molecule has 0 saturated heterocycles. The maximum Gasteiger partial charge on any atom is 0.241 e. The molecule has 8 heteroatoms. The maximum atomic E-state index is 11.9. The molecule has 118 valence electrons. The van der Waals surface area contributed by atoms with Crippen molar-refractivity contribution in [2.45, 2.75) is 33.9 Å². The summed E-state index contributed by atoms with van der Waals surface area (Å²) in [4.78, 5) is 23.5. The number of aromatic nitrogens is 4. The van der Waals surface area contributed by atoms with E-state index >= 15 is 0 Å². The number of carbonyl (C=O) groups excluding carboxylic acids is 2. The molecule has 0 aliphatic carbocycles. The molecule has 0 spiro atoms. The summed E-state index contributed by atoms with van der Waals surface area (Å²) in [6.45, 7) is 6.11. The van der Waals surface area contributed by atoms with Crippen LogP contribution in [0.4, 0.5) is 0 Å². The van der Waals surface area contributed by atoms with Gasteiger partial charge in [0.05, 0.1) is 29.0 Å². The standard InChI is InChI=1S/C14H18ClN5O2/c1-9-14(11(3)21)10(2)20(18-9)8-13(22)16-4-5-19-7-12(15)6-17-19/h6-7H,4-5,8H2,1-3H3,(H,16,22). The minimum Gasteiger partial charge on any atom is -0.353 e. The van der Waals surface area contributed by atoms with Crippen molar-refractivity contribution in [2.75, 3.05) is 6.54 Å². The Morgan fingerprint density at radius 1 is 1.36 bits per heavy atom. The van der Waals surface area contributed by atoms with Crippen molar-refractivity contribution in [1.29, 1.82) is 0 Å². The van der Waals surface area contributed by atoms with Gasteiger partial charge >= 0.3 is 0 Å². The Morgan fingerprint density at radius 3 is 2.64 bits per heavy atom. The number of carbonyl (C=O) groups is 2. The fraction of sp³-hybridized carbons (Fsp3) is 0.429. The van der Waals surface area contributed by atoms with Crippen LogP contribution in [0.15, 0.2) is 12.4 Å². The van der Waals surface area contributed by atoms with Gasteiger partial charge in [0.25, 0.3) is 0 Å². The lowest BCUT2D eigenvalue weighted by atomic mass is 10.1. The molecule has 0 saturated carbocycles. The Labute approximate surface area is 133 Å². The highest BCUT2D eigenvalue weighted by Gasteiger charge is 2.16. The number of rotatable bonds is 6. The van der Waals surface area contributed by atoms with Gasteiger partial charge in [-0.2, -0.15) is 10.2 Å². The van der Waals surface area contributed by atoms with E-state index in [1.165, 1.54) is 6.92 Å². The van der Waals surface area contributed by atoms with E-state index in [4.69, 9.17) is 11.6 Å². The molecule has 0 atom stereocenters. The molecule has 2 aromatic rings. The maximum absolute atomic E-state index is 11.9. The summed E-state index contributed by atoms with van der Waals surface area (Å²) in [5.74, 6) is -0.212. The van der Waals surface area contributed by atoms with Gasteiger partial charge in [-0.15, -0.1) is 0 Å². The largest absolute Gasteiger partial charge is 0.353 e. The normalized spacial score (nSPS) is 10.7. The lowest BCUT2D eigenvalue weighted by Gasteiger charge is -2.07. The second-order valence-electron chi connectivity index (χ2n) is 5.03. The van der Waals surface area contributed by atoms with Crippen molar-refractivity contribution in [2.24, 2.45) is 0 Å². The lowest BCUT2D eigenvalue weighted by Crippen LogP contribution is -2.31. The van der Waals surface area contributed by atoms with E-state index in [1.807, 2.05) is 0 Å². The van der Waals surface area contributed by atoms with Crippen molar-refractivity contribution in [1.82, 2.24) is 24.9 Å². The minimum atomic E-state index is -0.168. The molecule has 1 N–H and O–H groups in total. The predicted molar refractivity (Wildman–Crippen MR) is 82.0 cm³/mol. The van der Waals surface area contributed by atoms with Crippen LogP contribution in [0, 0.1) is 13.8 Å². The summed E-state index contributed by atoms with van der Waals surface area (Å²) in [5, 5.41) is 11.6. The van der Waals surface area contributed by atoms with Gasteiger partial charge in [-0.3, -0.25) is 19.0 Å². The quantitative estimate of drug-likeness (QED) is 0.814. The summed E-state index contributed by atoms with van der Waals surface area (Å²) >= 11 is 5.76. The van der Waals surface area contributed by atoms with Gasteiger partial charge in [0.2, 0.25) is 5.91 Å². The molecule has 0 aromatic carbocycles. The highest BCUT2D eigenvalue weighted by Crippen LogP contribution is 2.13. The molecule has 2 rings (SSSR count). The fourth-order valence-corrected chi connectivity index (χ4v) is 2.48. The third-order valence-electron chi connectivity index (χ3n) is 3.29.